The number of aromatic nitrogens is 3. The average Bonchev–Trinajstić information content (AvgIpc) is 3.15. The van der Waals surface area contributed by atoms with Gasteiger partial charge in [-0.15, -0.1) is 11.3 Å². The van der Waals surface area contributed by atoms with Crippen molar-refractivity contribution in [1.82, 2.24) is 19.7 Å². The van der Waals surface area contributed by atoms with Gasteiger partial charge in [0.1, 0.15) is 0 Å². The first kappa shape index (κ1) is 20.1. The van der Waals surface area contributed by atoms with Crippen LogP contribution in [-0.2, 0) is 0 Å². The summed E-state index contributed by atoms with van der Waals surface area (Å²) in [5, 5.41) is 7.77. The molecule has 0 bridgehead atoms. The first-order valence-electron chi connectivity index (χ1n) is 9.72. The van der Waals surface area contributed by atoms with Crippen molar-refractivity contribution in [1.29, 1.82) is 0 Å². The van der Waals surface area contributed by atoms with Crippen molar-refractivity contribution in [2.75, 3.05) is 31.1 Å². The van der Waals surface area contributed by atoms with Gasteiger partial charge < -0.3 is 9.80 Å². The fourth-order valence-electron chi connectivity index (χ4n) is 3.74. The maximum atomic E-state index is 13.4. The number of hydrogen-bond acceptors (Lipinski definition) is 5. The molecule has 0 aliphatic carbocycles. The summed E-state index contributed by atoms with van der Waals surface area (Å²) in [6.45, 7) is 9.07. The van der Waals surface area contributed by atoms with E-state index in [4.69, 9.17) is 0 Å². The van der Waals surface area contributed by atoms with Crippen LogP contribution in [0.4, 0.5) is 5.13 Å². The molecule has 0 N–H and O–H groups in total. The molecule has 1 aliphatic heterocycles. The van der Waals surface area contributed by atoms with Crippen molar-refractivity contribution in [3.05, 3.63) is 56.8 Å². The van der Waals surface area contributed by atoms with Crippen LogP contribution in [0.2, 0.25) is 0 Å². The zero-order valence-electron chi connectivity index (χ0n) is 16.9. The molecule has 0 spiro atoms. The molecule has 1 aliphatic rings. The van der Waals surface area contributed by atoms with E-state index in [0.717, 1.165) is 58.4 Å². The van der Waals surface area contributed by atoms with E-state index in [-0.39, 0.29) is 5.91 Å². The minimum Gasteiger partial charge on any atom is -0.346 e. The van der Waals surface area contributed by atoms with E-state index in [0.29, 0.717) is 12.1 Å². The molecule has 0 atom stereocenters. The van der Waals surface area contributed by atoms with Crippen molar-refractivity contribution >= 4 is 38.3 Å². The van der Waals surface area contributed by atoms with Crippen LogP contribution >= 0.6 is 27.3 Å². The Labute approximate surface area is 183 Å². The Kier molecular flexibility index (Phi) is 5.74. The van der Waals surface area contributed by atoms with Crippen LogP contribution < -0.4 is 4.90 Å². The first-order chi connectivity index (χ1) is 13.9. The summed E-state index contributed by atoms with van der Waals surface area (Å²) in [6, 6.07) is 7.96. The Morgan fingerprint density at radius 1 is 1.07 bits per heavy atom. The molecule has 2 aromatic heterocycles. The minimum absolute atomic E-state index is 0.0699. The highest BCUT2D eigenvalue weighted by Gasteiger charge is 2.26. The average molecular weight is 474 g/mol. The van der Waals surface area contributed by atoms with Gasteiger partial charge in [-0.1, -0.05) is 15.9 Å². The van der Waals surface area contributed by atoms with Gasteiger partial charge in [-0.2, -0.15) is 5.10 Å². The predicted molar refractivity (Wildman–Crippen MR) is 120 cm³/mol. The lowest BCUT2D eigenvalue weighted by atomic mass is 10.1. The summed E-state index contributed by atoms with van der Waals surface area (Å²) >= 11 is 5.14. The second kappa shape index (κ2) is 8.28. The third-order valence-electron chi connectivity index (χ3n) is 5.24. The molecular formula is C21H24BrN5OS. The number of aryl methyl sites for hydroxylation is 2. The van der Waals surface area contributed by atoms with Gasteiger partial charge in [-0.3, -0.25) is 4.79 Å². The molecular weight excluding hydrogens is 450 g/mol. The van der Waals surface area contributed by atoms with Gasteiger partial charge in [-0.25, -0.2) is 9.67 Å². The zero-order chi connectivity index (χ0) is 20.5. The highest BCUT2D eigenvalue weighted by molar-refractivity contribution is 9.10. The number of nitrogens with zero attached hydrogens (tertiary/aromatic N) is 5. The standard InChI is InChI=1S/C21H24BrN5OS/c1-14-13-29-21(23-14)26-10-4-9-25(11-12-26)20(28)19-15(2)24-27(16(19)3)18-7-5-17(22)6-8-18/h5-8,13H,4,9-12H2,1-3H3. The monoisotopic (exact) mass is 473 g/mol. The topological polar surface area (TPSA) is 54.3 Å². The van der Waals surface area contributed by atoms with Crippen LogP contribution in [-0.4, -0.2) is 51.8 Å². The van der Waals surface area contributed by atoms with E-state index in [1.165, 1.54) is 0 Å². The van der Waals surface area contributed by atoms with Gasteiger partial charge in [0.15, 0.2) is 5.13 Å². The molecule has 6 nitrogen and oxygen atoms in total. The Morgan fingerprint density at radius 3 is 2.52 bits per heavy atom. The molecule has 3 heterocycles. The van der Waals surface area contributed by atoms with Crippen LogP contribution in [0.1, 0.15) is 33.9 Å². The molecule has 8 heteroatoms. The number of halogens is 1. The Balaban J connectivity index is 1.54. The number of hydrogen-bond donors (Lipinski definition) is 0. The molecule has 1 aromatic carbocycles. The number of anilines is 1. The molecule has 29 heavy (non-hydrogen) atoms. The van der Waals surface area contributed by atoms with E-state index >= 15 is 0 Å². The van der Waals surface area contributed by atoms with Gasteiger partial charge in [-0.05, 0) is 51.5 Å². The molecule has 1 fully saturated rings. The lowest BCUT2D eigenvalue weighted by molar-refractivity contribution is 0.0765. The third-order valence-corrected chi connectivity index (χ3v) is 6.78. The number of carbonyl (C=O) groups excluding carboxylic acids is 1. The molecule has 0 saturated carbocycles. The molecule has 1 saturated heterocycles. The normalized spacial score (nSPS) is 14.9. The smallest absolute Gasteiger partial charge is 0.257 e. The highest BCUT2D eigenvalue weighted by atomic mass is 79.9. The lowest BCUT2D eigenvalue weighted by Gasteiger charge is -2.22. The van der Waals surface area contributed by atoms with E-state index in [1.807, 2.05) is 54.6 Å². The summed E-state index contributed by atoms with van der Waals surface area (Å²) in [6.07, 6.45) is 0.934. The molecule has 4 rings (SSSR count). The van der Waals surface area contributed by atoms with E-state index in [2.05, 4.69) is 36.3 Å². The number of rotatable bonds is 3. The molecule has 152 valence electrons. The first-order valence-corrected chi connectivity index (χ1v) is 11.4. The maximum absolute atomic E-state index is 13.4. The summed E-state index contributed by atoms with van der Waals surface area (Å²) < 4.78 is 2.88. The Hall–Kier alpha value is -2.19. The maximum Gasteiger partial charge on any atom is 0.257 e. The highest BCUT2D eigenvalue weighted by Crippen LogP contribution is 2.24. The van der Waals surface area contributed by atoms with Crippen LogP contribution in [0, 0.1) is 20.8 Å². The molecule has 0 unspecified atom stereocenters. The lowest BCUT2D eigenvalue weighted by Crippen LogP contribution is -2.35. The number of thiazole rings is 1. The summed E-state index contributed by atoms with van der Waals surface area (Å²) in [5.41, 5.74) is 4.37. The van der Waals surface area contributed by atoms with Crippen molar-refractivity contribution in [3.63, 3.8) is 0 Å². The molecule has 0 radical (unpaired) electrons. The zero-order valence-corrected chi connectivity index (χ0v) is 19.3. The van der Waals surface area contributed by atoms with Gasteiger partial charge in [0.2, 0.25) is 0 Å². The van der Waals surface area contributed by atoms with Crippen molar-refractivity contribution in [2.24, 2.45) is 0 Å². The van der Waals surface area contributed by atoms with E-state index in [1.54, 1.807) is 11.3 Å². The third kappa shape index (κ3) is 4.09. The van der Waals surface area contributed by atoms with Crippen LogP contribution in [0.5, 0.6) is 0 Å². The fraction of sp³-hybridized carbons (Fsp3) is 0.381. The van der Waals surface area contributed by atoms with Gasteiger partial charge in [0, 0.05) is 36.0 Å². The second-order valence-corrected chi connectivity index (χ2v) is 9.09. The summed E-state index contributed by atoms with van der Waals surface area (Å²) in [5.74, 6) is 0.0699. The SMILES string of the molecule is Cc1csc(N2CCCN(C(=O)c3c(C)nn(-c4ccc(Br)cc4)c3C)CC2)n1. The van der Waals surface area contributed by atoms with Crippen LogP contribution in [0.15, 0.2) is 34.1 Å². The number of amides is 1. The van der Waals surface area contributed by atoms with Gasteiger partial charge >= 0.3 is 0 Å². The van der Waals surface area contributed by atoms with Crippen LogP contribution in [0.3, 0.4) is 0 Å². The van der Waals surface area contributed by atoms with Crippen molar-refractivity contribution < 1.29 is 4.79 Å². The van der Waals surface area contributed by atoms with E-state index < -0.39 is 0 Å². The number of carbonyl (C=O) groups is 1. The Bertz CT molecular complexity index is 1030. The molecule has 3 aromatic rings. The van der Waals surface area contributed by atoms with Crippen LogP contribution in [0.25, 0.3) is 5.69 Å². The largest absolute Gasteiger partial charge is 0.346 e. The summed E-state index contributed by atoms with van der Waals surface area (Å²) in [4.78, 5) is 22.2. The van der Waals surface area contributed by atoms with E-state index in [9.17, 15) is 4.79 Å². The predicted octanol–water partition coefficient (Wildman–Crippen LogP) is 4.37. The quantitative estimate of drug-likeness (QED) is 0.566. The fourth-order valence-corrected chi connectivity index (χ4v) is 4.86. The van der Waals surface area contributed by atoms with Gasteiger partial charge in [0.05, 0.1) is 28.3 Å². The second-order valence-electron chi connectivity index (χ2n) is 7.34. The number of benzene rings is 1. The van der Waals surface area contributed by atoms with Crippen molar-refractivity contribution in [3.8, 4) is 5.69 Å². The van der Waals surface area contributed by atoms with Crippen molar-refractivity contribution in [2.45, 2.75) is 27.2 Å². The summed E-state index contributed by atoms with van der Waals surface area (Å²) in [7, 11) is 0. The molecule has 1 amide bonds. The van der Waals surface area contributed by atoms with Gasteiger partial charge in [0.25, 0.3) is 5.91 Å². The Morgan fingerprint density at radius 2 is 1.83 bits per heavy atom. The minimum atomic E-state index is 0.0699.